The van der Waals surface area contributed by atoms with Gasteiger partial charge in [-0.25, -0.2) is 8.42 Å². The molecule has 198 valence electrons. The van der Waals surface area contributed by atoms with Crippen LogP contribution in [-0.2, 0) is 26.2 Å². The highest BCUT2D eigenvalue weighted by molar-refractivity contribution is 7.92. The minimum absolute atomic E-state index is 0.00921. The zero-order valence-electron chi connectivity index (χ0n) is 20.4. The molecule has 0 aromatic heterocycles. The van der Waals surface area contributed by atoms with Crippen LogP contribution in [0, 0.1) is 5.92 Å². The molecule has 2 aromatic carbocycles. The maximum Gasteiger partial charge on any atom is 0.244 e. The minimum atomic E-state index is -3.92. The molecular formula is C24H29Cl4N3O4S. The number of benzene rings is 2. The Bertz CT molecular complexity index is 1210. The third kappa shape index (κ3) is 8.42. The molecule has 0 aliphatic heterocycles. The van der Waals surface area contributed by atoms with Gasteiger partial charge in [0, 0.05) is 18.1 Å². The lowest BCUT2D eigenvalue weighted by Gasteiger charge is -2.33. The summed E-state index contributed by atoms with van der Waals surface area (Å²) in [6.07, 6.45) is 1.28. The summed E-state index contributed by atoms with van der Waals surface area (Å²) in [5, 5.41) is 3.89. The van der Waals surface area contributed by atoms with Crippen molar-refractivity contribution < 1.29 is 18.0 Å². The van der Waals surface area contributed by atoms with E-state index < -0.39 is 28.5 Å². The molecule has 0 fully saturated rings. The quantitative estimate of drug-likeness (QED) is 0.363. The van der Waals surface area contributed by atoms with E-state index in [0.29, 0.717) is 33.6 Å². The number of rotatable bonds is 11. The molecule has 0 heterocycles. The Morgan fingerprint density at radius 3 is 2.17 bits per heavy atom. The van der Waals surface area contributed by atoms with Crippen LogP contribution < -0.4 is 9.62 Å². The van der Waals surface area contributed by atoms with Crippen molar-refractivity contribution in [3.63, 3.8) is 0 Å². The first-order chi connectivity index (χ1) is 16.7. The van der Waals surface area contributed by atoms with Gasteiger partial charge in [-0.3, -0.25) is 13.9 Å². The summed E-state index contributed by atoms with van der Waals surface area (Å²) in [4.78, 5) is 28.1. The van der Waals surface area contributed by atoms with Gasteiger partial charge in [0.05, 0.1) is 27.0 Å². The van der Waals surface area contributed by atoms with Gasteiger partial charge in [0.2, 0.25) is 21.8 Å². The fourth-order valence-electron chi connectivity index (χ4n) is 3.45. The van der Waals surface area contributed by atoms with Gasteiger partial charge in [-0.2, -0.15) is 0 Å². The molecular weight excluding hydrogens is 568 g/mol. The number of carbonyl (C=O) groups excluding carboxylic acids is 2. The normalized spacial score (nSPS) is 12.4. The second-order valence-corrected chi connectivity index (χ2v) is 12.3. The predicted molar refractivity (Wildman–Crippen MR) is 148 cm³/mol. The van der Waals surface area contributed by atoms with E-state index in [9.17, 15) is 18.0 Å². The summed E-state index contributed by atoms with van der Waals surface area (Å²) in [7, 11) is -3.92. The number of amides is 2. The zero-order chi connectivity index (χ0) is 27.2. The second-order valence-electron chi connectivity index (χ2n) is 8.70. The van der Waals surface area contributed by atoms with Gasteiger partial charge >= 0.3 is 0 Å². The highest BCUT2D eigenvalue weighted by atomic mass is 35.5. The van der Waals surface area contributed by atoms with Crippen molar-refractivity contribution >= 4 is 73.9 Å². The molecule has 2 aromatic rings. The van der Waals surface area contributed by atoms with Gasteiger partial charge in [0.15, 0.2) is 0 Å². The van der Waals surface area contributed by atoms with Crippen LogP contribution in [0.4, 0.5) is 5.69 Å². The largest absolute Gasteiger partial charge is 0.354 e. The average Bonchev–Trinajstić information content (AvgIpc) is 2.77. The molecule has 7 nitrogen and oxygen atoms in total. The Hall–Kier alpha value is -1.71. The van der Waals surface area contributed by atoms with Gasteiger partial charge in [0.1, 0.15) is 12.6 Å². The van der Waals surface area contributed by atoms with Crippen LogP contribution in [-0.4, -0.2) is 50.5 Å². The first-order valence-electron chi connectivity index (χ1n) is 11.2. The highest BCUT2D eigenvalue weighted by Crippen LogP contribution is 2.31. The van der Waals surface area contributed by atoms with Crippen LogP contribution in [0.25, 0.3) is 0 Å². The van der Waals surface area contributed by atoms with Crippen molar-refractivity contribution in [3.8, 4) is 0 Å². The fraction of sp³-hybridized carbons (Fsp3) is 0.417. The molecule has 36 heavy (non-hydrogen) atoms. The molecule has 0 bridgehead atoms. The fourth-order valence-corrected chi connectivity index (χ4v) is 5.20. The van der Waals surface area contributed by atoms with Crippen LogP contribution in [0.5, 0.6) is 0 Å². The van der Waals surface area contributed by atoms with Crippen molar-refractivity contribution in [2.45, 2.75) is 39.8 Å². The lowest BCUT2D eigenvalue weighted by atomic mass is 10.1. The second kappa shape index (κ2) is 13.2. The third-order valence-electron chi connectivity index (χ3n) is 5.27. The van der Waals surface area contributed by atoms with Crippen molar-refractivity contribution in [2.24, 2.45) is 5.92 Å². The molecule has 0 saturated carbocycles. The number of halogens is 4. The van der Waals surface area contributed by atoms with E-state index >= 15 is 0 Å². The number of nitrogens with zero attached hydrogens (tertiary/aromatic N) is 2. The Balaban J connectivity index is 2.48. The Kier molecular flexibility index (Phi) is 11.2. The average molecular weight is 597 g/mol. The molecule has 0 aliphatic carbocycles. The van der Waals surface area contributed by atoms with E-state index in [2.05, 4.69) is 5.32 Å². The molecule has 2 amide bonds. The predicted octanol–water partition coefficient (Wildman–Crippen LogP) is 5.65. The van der Waals surface area contributed by atoms with Crippen LogP contribution >= 0.6 is 46.4 Å². The molecule has 0 radical (unpaired) electrons. The van der Waals surface area contributed by atoms with Crippen LogP contribution in [0.2, 0.25) is 20.1 Å². The molecule has 2 rings (SSSR count). The first-order valence-corrected chi connectivity index (χ1v) is 14.5. The summed E-state index contributed by atoms with van der Waals surface area (Å²) < 4.78 is 26.2. The van der Waals surface area contributed by atoms with Gasteiger partial charge < -0.3 is 10.2 Å². The number of anilines is 1. The standard InChI is InChI=1S/C24H29Cl4N3O4S/c1-5-21(24(33)29-12-15(2)3)30(13-16-6-8-18(26)19(27)10-16)23(32)14-31(36(4,34)35)22-9-7-17(25)11-20(22)28/h6-11,15,21H,5,12-14H2,1-4H3,(H,29,33). The number of hydrogen-bond acceptors (Lipinski definition) is 4. The van der Waals surface area contributed by atoms with E-state index in [1.165, 1.54) is 23.1 Å². The Morgan fingerprint density at radius 2 is 1.64 bits per heavy atom. The van der Waals surface area contributed by atoms with Crippen molar-refractivity contribution in [3.05, 3.63) is 62.1 Å². The van der Waals surface area contributed by atoms with Gasteiger partial charge in [-0.1, -0.05) is 73.2 Å². The minimum Gasteiger partial charge on any atom is -0.354 e. The number of hydrogen-bond donors (Lipinski definition) is 1. The summed E-state index contributed by atoms with van der Waals surface area (Å²) >= 11 is 24.4. The lowest BCUT2D eigenvalue weighted by Crippen LogP contribution is -2.52. The molecule has 12 heteroatoms. The van der Waals surface area contributed by atoms with Gasteiger partial charge in [-0.15, -0.1) is 0 Å². The number of nitrogens with one attached hydrogen (secondary N) is 1. The summed E-state index contributed by atoms with van der Waals surface area (Å²) in [6.45, 7) is 5.56. The maximum absolute atomic E-state index is 13.7. The van der Waals surface area contributed by atoms with E-state index in [0.717, 1.165) is 10.6 Å². The van der Waals surface area contributed by atoms with Crippen LogP contribution in [0.1, 0.15) is 32.8 Å². The zero-order valence-corrected chi connectivity index (χ0v) is 24.2. The number of carbonyl (C=O) groups is 2. The van der Waals surface area contributed by atoms with Crippen LogP contribution in [0.15, 0.2) is 36.4 Å². The monoisotopic (exact) mass is 595 g/mol. The maximum atomic E-state index is 13.7. The van der Waals surface area contributed by atoms with E-state index in [1.807, 2.05) is 13.8 Å². The highest BCUT2D eigenvalue weighted by Gasteiger charge is 2.32. The van der Waals surface area contributed by atoms with Gasteiger partial charge in [-0.05, 0) is 48.2 Å². The van der Waals surface area contributed by atoms with E-state index in [1.54, 1.807) is 25.1 Å². The van der Waals surface area contributed by atoms with Crippen molar-refractivity contribution in [1.29, 1.82) is 0 Å². The van der Waals surface area contributed by atoms with E-state index in [4.69, 9.17) is 46.4 Å². The topological polar surface area (TPSA) is 86.8 Å². The van der Waals surface area contributed by atoms with Gasteiger partial charge in [0.25, 0.3) is 0 Å². The van der Waals surface area contributed by atoms with E-state index in [-0.39, 0.29) is 29.1 Å². The Labute approximate surface area is 232 Å². The van der Waals surface area contributed by atoms with Crippen LogP contribution in [0.3, 0.4) is 0 Å². The number of sulfonamides is 1. The molecule has 1 unspecified atom stereocenters. The van der Waals surface area contributed by atoms with Crippen molar-refractivity contribution in [2.75, 3.05) is 23.7 Å². The molecule has 1 atom stereocenters. The third-order valence-corrected chi connectivity index (χ3v) is 7.67. The summed E-state index contributed by atoms with van der Waals surface area (Å²) in [6, 6.07) is 8.33. The Morgan fingerprint density at radius 1 is 0.972 bits per heavy atom. The molecule has 0 aliphatic rings. The molecule has 1 N–H and O–H groups in total. The molecule has 0 spiro atoms. The molecule has 0 saturated heterocycles. The smallest absolute Gasteiger partial charge is 0.244 e. The lowest BCUT2D eigenvalue weighted by molar-refractivity contribution is -0.140. The summed E-state index contributed by atoms with van der Waals surface area (Å²) in [5.74, 6) is -0.724. The SMILES string of the molecule is CCC(C(=O)NCC(C)C)N(Cc1ccc(Cl)c(Cl)c1)C(=O)CN(c1ccc(Cl)cc1Cl)S(C)(=O)=O. The summed E-state index contributed by atoms with van der Waals surface area (Å²) in [5.41, 5.74) is 0.729. The first kappa shape index (κ1) is 30.5. The van der Waals surface area contributed by atoms with Crippen molar-refractivity contribution in [1.82, 2.24) is 10.2 Å².